The van der Waals surface area contributed by atoms with E-state index in [1.54, 1.807) is 12.1 Å². The molecule has 0 aliphatic heterocycles. The Morgan fingerprint density at radius 1 is 1.52 bits per heavy atom. The molecule has 0 heterocycles. The molecule has 1 unspecified atom stereocenters. The number of benzene rings is 1. The van der Waals surface area contributed by atoms with Gasteiger partial charge in [-0.2, -0.15) is 5.26 Å². The zero-order valence-corrected chi connectivity index (χ0v) is 12.3. The summed E-state index contributed by atoms with van der Waals surface area (Å²) in [6.07, 6.45) is 0.984. The maximum Gasteiger partial charge on any atom is 0.258 e. The summed E-state index contributed by atoms with van der Waals surface area (Å²) in [6.45, 7) is 4.51. The summed E-state index contributed by atoms with van der Waals surface area (Å²) in [5.74, 6) is -0.506. The first kappa shape index (κ1) is 16.9. The highest BCUT2D eigenvalue weighted by molar-refractivity contribution is 5.77. The monoisotopic (exact) mass is 293 g/mol. The van der Waals surface area contributed by atoms with Gasteiger partial charge in [-0.3, -0.25) is 4.79 Å². The van der Waals surface area contributed by atoms with Crippen LogP contribution in [0, 0.1) is 17.1 Å². The Labute approximate surface area is 124 Å². The van der Waals surface area contributed by atoms with Crippen molar-refractivity contribution >= 4 is 5.91 Å². The second kappa shape index (κ2) is 8.93. The van der Waals surface area contributed by atoms with Crippen LogP contribution in [0.15, 0.2) is 18.2 Å². The molecular weight excluding hydrogens is 273 g/mol. The van der Waals surface area contributed by atoms with Crippen LogP contribution in [0.5, 0.6) is 5.75 Å². The molecule has 0 aliphatic rings. The Kier molecular flexibility index (Phi) is 7.19. The highest BCUT2D eigenvalue weighted by Gasteiger charge is 2.13. The molecule has 0 saturated heterocycles. The number of rotatable bonds is 8. The summed E-state index contributed by atoms with van der Waals surface area (Å²) >= 11 is 0. The van der Waals surface area contributed by atoms with Crippen LogP contribution < -0.4 is 15.4 Å². The van der Waals surface area contributed by atoms with Gasteiger partial charge in [-0.05, 0) is 26.0 Å². The number of hydrogen-bond acceptors (Lipinski definition) is 4. The molecule has 21 heavy (non-hydrogen) atoms. The topological polar surface area (TPSA) is 74.2 Å². The highest BCUT2D eigenvalue weighted by atomic mass is 19.1. The number of nitriles is 1. The predicted octanol–water partition coefficient (Wildman–Crippen LogP) is 1.90. The van der Waals surface area contributed by atoms with E-state index in [1.807, 2.05) is 6.92 Å². The molecule has 0 saturated carbocycles. The van der Waals surface area contributed by atoms with Gasteiger partial charge in [0.2, 0.25) is 0 Å². The van der Waals surface area contributed by atoms with E-state index in [1.165, 1.54) is 12.1 Å². The number of nitrogens with one attached hydrogen (secondary N) is 2. The number of hydrogen-bond donors (Lipinski definition) is 2. The second-order valence-corrected chi connectivity index (χ2v) is 4.58. The van der Waals surface area contributed by atoms with Crippen LogP contribution >= 0.6 is 0 Å². The Morgan fingerprint density at radius 2 is 2.29 bits per heavy atom. The quantitative estimate of drug-likeness (QED) is 0.718. The summed E-state index contributed by atoms with van der Waals surface area (Å²) in [6, 6.07) is 6.06. The van der Waals surface area contributed by atoms with Crippen LogP contribution in [0.2, 0.25) is 0 Å². The average molecular weight is 293 g/mol. The van der Waals surface area contributed by atoms with Gasteiger partial charge >= 0.3 is 0 Å². The van der Waals surface area contributed by atoms with Crippen molar-refractivity contribution < 1.29 is 13.9 Å². The van der Waals surface area contributed by atoms with Gasteiger partial charge in [0.05, 0.1) is 6.07 Å². The van der Waals surface area contributed by atoms with E-state index in [4.69, 9.17) is 10.00 Å². The molecule has 1 aromatic carbocycles. The lowest BCUT2D eigenvalue weighted by Crippen LogP contribution is -2.29. The van der Waals surface area contributed by atoms with Crippen molar-refractivity contribution in [3.8, 4) is 11.8 Å². The van der Waals surface area contributed by atoms with Gasteiger partial charge in [0.1, 0.15) is 18.1 Å². The molecule has 6 heteroatoms. The molecule has 0 aliphatic carbocycles. The minimum Gasteiger partial charge on any atom is -0.483 e. The maximum absolute atomic E-state index is 13.3. The number of carbonyl (C=O) groups is 1. The maximum atomic E-state index is 13.3. The van der Waals surface area contributed by atoms with Gasteiger partial charge in [-0.1, -0.05) is 13.0 Å². The molecule has 114 valence electrons. The number of carbonyl (C=O) groups excluding carboxylic acids is 1. The van der Waals surface area contributed by atoms with Gasteiger partial charge in [0.25, 0.3) is 5.91 Å². The molecule has 0 fully saturated rings. The van der Waals surface area contributed by atoms with Gasteiger partial charge in [-0.25, -0.2) is 4.39 Å². The van der Waals surface area contributed by atoms with Crippen molar-refractivity contribution in [2.45, 2.75) is 26.3 Å². The summed E-state index contributed by atoms with van der Waals surface area (Å²) in [5, 5.41) is 14.0. The lowest BCUT2D eigenvalue weighted by Gasteiger charge is -2.18. The standard InChI is InChI=1S/C15H20FN3O2/c1-3-7-18-11(2)13-5-4-12(16)9-14(13)21-10-15(20)19-8-6-17/h4-5,9,11,18H,3,7-8,10H2,1-2H3,(H,19,20). The van der Waals surface area contributed by atoms with Crippen molar-refractivity contribution in [1.82, 2.24) is 10.6 Å². The van der Waals surface area contributed by atoms with E-state index < -0.39 is 11.7 Å². The van der Waals surface area contributed by atoms with Crippen molar-refractivity contribution in [3.63, 3.8) is 0 Å². The van der Waals surface area contributed by atoms with Gasteiger partial charge in [-0.15, -0.1) is 0 Å². The molecule has 1 aromatic rings. The van der Waals surface area contributed by atoms with E-state index in [9.17, 15) is 9.18 Å². The van der Waals surface area contributed by atoms with E-state index in [0.717, 1.165) is 18.5 Å². The number of nitrogens with zero attached hydrogens (tertiary/aromatic N) is 1. The molecule has 1 amide bonds. The number of amides is 1. The molecule has 5 nitrogen and oxygen atoms in total. The van der Waals surface area contributed by atoms with Crippen LogP contribution in [-0.4, -0.2) is 25.6 Å². The third-order valence-corrected chi connectivity index (χ3v) is 2.87. The fourth-order valence-electron chi connectivity index (χ4n) is 1.79. The Bertz CT molecular complexity index is 514. The minimum absolute atomic E-state index is 0.0114. The summed E-state index contributed by atoms with van der Waals surface area (Å²) in [7, 11) is 0. The molecule has 2 N–H and O–H groups in total. The average Bonchev–Trinajstić information content (AvgIpc) is 2.48. The first-order valence-corrected chi connectivity index (χ1v) is 6.87. The lowest BCUT2D eigenvalue weighted by atomic mass is 10.1. The minimum atomic E-state index is -0.422. The number of ether oxygens (including phenoxy) is 1. The van der Waals surface area contributed by atoms with Crippen molar-refractivity contribution in [2.75, 3.05) is 19.7 Å². The first-order valence-electron chi connectivity index (χ1n) is 6.87. The predicted molar refractivity (Wildman–Crippen MR) is 77.2 cm³/mol. The van der Waals surface area contributed by atoms with E-state index in [2.05, 4.69) is 17.6 Å². The zero-order chi connectivity index (χ0) is 15.7. The van der Waals surface area contributed by atoms with Crippen LogP contribution in [-0.2, 0) is 4.79 Å². The second-order valence-electron chi connectivity index (χ2n) is 4.58. The van der Waals surface area contributed by atoms with Gasteiger partial charge < -0.3 is 15.4 Å². The van der Waals surface area contributed by atoms with Crippen molar-refractivity contribution in [3.05, 3.63) is 29.6 Å². The lowest BCUT2D eigenvalue weighted by molar-refractivity contribution is -0.122. The van der Waals surface area contributed by atoms with Gasteiger partial charge in [0, 0.05) is 17.7 Å². The van der Waals surface area contributed by atoms with E-state index >= 15 is 0 Å². The van der Waals surface area contributed by atoms with Crippen LogP contribution in [0.3, 0.4) is 0 Å². The third-order valence-electron chi connectivity index (χ3n) is 2.87. The fraction of sp³-hybridized carbons (Fsp3) is 0.467. The molecule has 1 atom stereocenters. The Balaban J connectivity index is 2.73. The fourth-order valence-corrected chi connectivity index (χ4v) is 1.79. The molecular formula is C15H20FN3O2. The highest BCUT2D eigenvalue weighted by Crippen LogP contribution is 2.26. The zero-order valence-electron chi connectivity index (χ0n) is 12.3. The normalized spacial score (nSPS) is 11.5. The smallest absolute Gasteiger partial charge is 0.258 e. The SMILES string of the molecule is CCCNC(C)c1ccc(F)cc1OCC(=O)NCC#N. The Hall–Kier alpha value is -2.13. The first-order chi connectivity index (χ1) is 10.1. The summed E-state index contributed by atoms with van der Waals surface area (Å²) < 4.78 is 18.7. The van der Waals surface area contributed by atoms with Crippen molar-refractivity contribution in [2.24, 2.45) is 0 Å². The molecule has 0 bridgehead atoms. The molecule has 0 radical (unpaired) electrons. The third kappa shape index (κ3) is 5.79. The molecule has 0 aromatic heterocycles. The van der Waals surface area contributed by atoms with E-state index in [-0.39, 0.29) is 19.2 Å². The van der Waals surface area contributed by atoms with Crippen LogP contribution in [0.25, 0.3) is 0 Å². The molecule has 1 rings (SSSR count). The number of halogens is 1. The molecule has 0 spiro atoms. The summed E-state index contributed by atoms with van der Waals surface area (Å²) in [4.78, 5) is 11.4. The Morgan fingerprint density at radius 3 is 2.95 bits per heavy atom. The summed E-state index contributed by atoms with van der Waals surface area (Å²) in [5.41, 5.74) is 0.790. The van der Waals surface area contributed by atoms with Gasteiger partial charge in [0.15, 0.2) is 6.61 Å². The van der Waals surface area contributed by atoms with Crippen LogP contribution in [0.1, 0.15) is 31.9 Å². The van der Waals surface area contributed by atoms with Crippen molar-refractivity contribution in [1.29, 1.82) is 5.26 Å². The largest absolute Gasteiger partial charge is 0.483 e. The van der Waals surface area contributed by atoms with Crippen LogP contribution in [0.4, 0.5) is 4.39 Å². The van der Waals surface area contributed by atoms with E-state index in [0.29, 0.717) is 5.75 Å².